The molecular formula is C23H27FN2O. The van der Waals surface area contributed by atoms with Crippen molar-refractivity contribution in [2.75, 3.05) is 24.5 Å². The van der Waals surface area contributed by atoms with Gasteiger partial charge >= 0.3 is 0 Å². The molecule has 0 spiro atoms. The quantitative estimate of drug-likeness (QED) is 0.815. The van der Waals surface area contributed by atoms with Gasteiger partial charge in [-0.05, 0) is 80.9 Å². The van der Waals surface area contributed by atoms with E-state index >= 15 is 0 Å². The minimum absolute atomic E-state index is 0.157. The average Bonchev–Trinajstić information content (AvgIpc) is 2.99. The van der Waals surface area contributed by atoms with Crippen LogP contribution in [-0.2, 0) is 17.6 Å². The van der Waals surface area contributed by atoms with Crippen LogP contribution in [0.2, 0.25) is 0 Å². The maximum Gasteiger partial charge on any atom is 0.241 e. The average molecular weight is 366 g/mol. The van der Waals surface area contributed by atoms with E-state index in [-0.39, 0.29) is 17.8 Å². The summed E-state index contributed by atoms with van der Waals surface area (Å²) in [6, 6.07) is 15.4. The lowest BCUT2D eigenvalue weighted by atomic mass is 9.90. The molecule has 1 atom stereocenters. The summed E-state index contributed by atoms with van der Waals surface area (Å²) >= 11 is 0. The lowest BCUT2D eigenvalue weighted by Crippen LogP contribution is -2.45. The van der Waals surface area contributed by atoms with E-state index in [4.69, 9.17) is 0 Å². The van der Waals surface area contributed by atoms with Gasteiger partial charge in [0.15, 0.2) is 0 Å². The highest BCUT2D eigenvalue weighted by molar-refractivity contribution is 5.97. The van der Waals surface area contributed by atoms with Gasteiger partial charge in [-0.15, -0.1) is 0 Å². The molecule has 1 saturated heterocycles. The third kappa shape index (κ3) is 4.06. The van der Waals surface area contributed by atoms with Crippen LogP contribution in [0.15, 0.2) is 48.5 Å². The Labute approximate surface area is 160 Å². The van der Waals surface area contributed by atoms with Crippen molar-refractivity contribution < 1.29 is 9.18 Å². The van der Waals surface area contributed by atoms with Crippen molar-refractivity contribution in [1.29, 1.82) is 0 Å². The number of benzene rings is 2. The van der Waals surface area contributed by atoms with Crippen molar-refractivity contribution in [3.05, 3.63) is 65.5 Å². The van der Waals surface area contributed by atoms with Crippen LogP contribution in [0.1, 0.15) is 30.9 Å². The lowest BCUT2D eigenvalue weighted by molar-refractivity contribution is -0.120. The minimum Gasteiger partial charge on any atom is -0.308 e. The zero-order valence-corrected chi connectivity index (χ0v) is 15.9. The molecule has 0 aromatic heterocycles. The molecule has 1 unspecified atom stereocenters. The maximum atomic E-state index is 13.4. The van der Waals surface area contributed by atoms with Gasteiger partial charge < -0.3 is 4.90 Å². The first-order valence-corrected chi connectivity index (χ1v) is 9.97. The second-order valence-electron chi connectivity index (χ2n) is 8.00. The molecular weight excluding hydrogens is 339 g/mol. The van der Waals surface area contributed by atoms with Crippen LogP contribution in [0, 0.1) is 11.7 Å². The van der Waals surface area contributed by atoms with E-state index in [1.165, 1.54) is 11.6 Å². The van der Waals surface area contributed by atoms with Crippen molar-refractivity contribution in [2.24, 2.45) is 5.92 Å². The predicted octanol–water partition coefficient (Wildman–Crippen LogP) is 4.06. The normalized spacial score (nSPS) is 20.7. The monoisotopic (exact) mass is 366 g/mol. The summed E-state index contributed by atoms with van der Waals surface area (Å²) < 4.78 is 13.4. The van der Waals surface area contributed by atoms with Crippen LogP contribution in [0.5, 0.6) is 0 Å². The molecule has 4 heteroatoms. The van der Waals surface area contributed by atoms with Gasteiger partial charge in [-0.2, -0.15) is 0 Å². The molecule has 1 fully saturated rings. The predicted molar refractivity (Wildman–Crippen MR) is 106 cm³/mol. The number of carbonyl (C=O) groups excluding carboxylic acids is 1. The summed E-state index contributed by atoms with van der Waals surface area (Å²) in [6.07, 6.45) is 4.00. The number of carbonyl (C=O) groups is 1. The number of hydrogen-bond donors (Lipinski definition) is 0. The van der Waals surface area contributed by atoms with Crippen LogP contribution >= 0.6 is 0 Å². The van der Waals surface area contributed by atoms with Crippen molar-refractivity contribution >= 4 is 11.6 Å². The van der Waals surface area contributed by atoms with Crippen LogP contribution < -0.4 is 4.90 Å². The summed E-state index contributed by atoms with van der Waals surface area (Å²) in [5.74, 6) is 0.621. The van der Waals surface area contributed by atoms with E-state index in [2.05, 4.69) is 24.0 Å². The Balaban J connectivity index is 1.31. The number of halogens is 1. The Morgan fingerprint density at radius 2 is 1.89 bits per heavy atom. The van der Waals surface area contributed by atoms with E-state index < -0.39 is 0 Å². The molecule has 2 aromatic rings. The van der Waals surface area contributed by atoms with Crippen molar-refractivity contribution in [2.45, 2.75) is 38.6 Å². The molecule has 2 aliphatic rings. The molecule has 3 nitrogen and oxygen atoms in total. The SMILES string of the molecule is CC1Cc2ccccc2N1C(=O)CN1CCC(Cc2cccc(F)c2)CC1. The van der Waals surface area contributed by atoms with Gasteiger partial charge in [-0.1, -0.05) is 30.3 Å². The summed E-state index contributed by atoms with van der Waals surface area (Å²) in [5, 5.41) is 0. The summed E-state index contributed by atoms with van der Waals surface area (Å²) in [7, 11) is 0. The second-order valence-corrected chi connectivity index (χ2v) is 8.00. The first kappa shape index (κ1) is 18.2. The number of rotatable bonds is 4. The molecule has 4 rings (SSSR count). The zero-order chi connectivity index (χ0) is 18.8. The van der Waals surface area contributed by atoms with Gasteiger partial charge in [0, 0.05) is 11.7 Å². The fraction of sp³-hybridized carbons (Fsp3) is 0.435. The smallest absolute Gasteiger partial charge is 0.241 e. The van der Waals surface area contributed by atoms with Gasteiger partial charge in [0.05, 0.1) is 6.54 Å². The number of nitrogens with zero attached hydrogens (tertiary/aromatic N) is 2. The fourth-order valence-corrected chi connectivity index (χ4v) is 4.56. The molecule has 0 bridgehead atoms. The van der Waals surface area contributed by atoms with Crippen LogP contribution in [0.4, 0.5) is 10.1 Å². The van der Waals surface area contributed by atoms with E-state index in [0.717, 1.165) is 50.0 Å². The van der Waals surface area contributed by atoms with Crippen molar-refractivity contribution in [1.82, 2.24) is 4.90 Å². The Morgan fingerprint density at radius 1 is 1.11 bits per heavy atom. The van der Waals surface area contributed by atoms with Crippen LogP contribution in [0.3, 0.4) is 0 Å². The van der Waals surface area contributed by atoms with Crippen LogP contribution in [-0.4, -0.2) is 36.5 Å². The number of para-hydroxylation sites is 1. The summed E-state index contributed by atoms with van der Waals surface area (Å²) in [5.41, 5.74) is 3.43. The molecule has 27 heavy (non-hydrogen) atoms. The minimum atomic E-state index is -0.157. The molecule has 1 amide bonds. The van der Waals surface area contributed by atoms with Crippen molar-refractivity contribution in [3.8, 4) is 0 Å². The number of hydrogen-bond acceptors (Lipinski definition) is 2. The standard InChI is InChI=1S/C23H27FN2O/c1-17-13-20-6-2-3-8-22(20)26(17)23(27)16-25-11-9-18(10-12-25)14-19-5-4-7-21(24)15-19/h2-8,15,17-18H,9-14,16H2,1H3. The largest absolute Gasteiger partial charge is 0.308 e. The Kier molecular flexibility index (Phi) is 5.26. The van der Waals surface area contributed by atoms with Gasteiger partial charge in [-0.25, -0.2) is 4.39 Å². The molecule has 142 valence electrons. The van der Waals surface area contributed by atoms with Gasteiger partial charge in [0.1, 0.15) is 5.82 Å². The topological polar surface area (TPSA) is 23.6 Å². The fourth-order valence-electron chi connectivity index (χ4n) is 4.56. The van der Waals surface area contributed by atoms with E-state index in [1.807, 2.05) is 23.1 Å². The number of amides is 1. The molecule has 2 heterocycles. The van der Waals surface area contributed by atoms with Gasteiger partial charge in [0.2, 0.25) is 5.91 Å². The lowest BCUT2D eigenvalue weighted by Gasteiger charge is -2.33. The molecule has 0 saturated carbocycles. The maximum absolute atomic E-state index is 13.4. The number of fused-ring (bicyclic) bond motifs is 1. The molecule has 2 aromatic carbocycles. The summed E-state index contributed by atoms with van der Waals surface area (Å²) in [6.45, 7) is 4.50. The highest BCUT2D eigenvalue weighted by Crippen LogP contribution is 2.32. The molecule has 0 aliphatic carbocycles. The van der Waals surface area contributed by atoms with Gasteiger partial charge in [-0.3, -0.25) is 9.69 Å². The Morgan fingerprint density at radius 3 is 2.67 bits per heavy atom. The second kappa shape index (κ2) is 7.81. The number of anilines is 1. The first-order chi connectivity index (χ1) is 13.1. The molecule has 2 aliphatic heterocycles. The van der Waals surface area contributed by atoms with Crippen LogP contribution in [0.25, 0.3) is 0 Å². The molecule has 0 radical (unpaired) electrons. The van der Waals surface area contributed by atoms with E-state index in [1.54, 1.807) is 12.1 Å². The molecule has 0 N–H and O–H groups in total. The highest BCUT2D eigenvalue weighted by Gasteiger charge is 2.32. The Hall–Kier alpha value is -2.20. The van der Waals surface area contributed by atoms with E-state index in [0.29, 0.717) is 12.5 Å². The zero-order valence-electron chi connectivity index (χ0n) is 15.9. The number of likely N-dealkylation sites (tertiary alicyclic amines) is 1. The summed E-state index contributed by atoms with van der Waals surface area (Å²) in [4.78, 5) is 17.2. The van der Waals surface area contributed by atoms with E-state index in [9.17, 15) is 9.18 Å². The third-order valence-electron chi connectivity index (χ3n) is 5.96. The Bertz CT molecular complexity index is 814. The first-order valence-electron chi connectivity index (χ1n) is 9.97. The third-order valence-corrected chi connectivity index (χ3v) is 5.96. The number of piperidine rings is 1. The van der Waals surface area contributed by atoms with Crippen molar-refractivity contribution in [3.63, 3.8) is 0 Å². The van der Waals surface area contributed by atoms with Gasteiger partial charge in [0.25, 0.3) is 0 Å². The highest BCUT2D eigenvalue weighted by atomic mass is 19.1.